The molecule has 0 aliphatic rings. The summed E-state index contributed by atoms with van der Waals surface area (Å²) in [5.74, 6) is -0.208. The molecule has 32 heavy (non-hydrogen) atoms. The zero-order valence-corrected chi connectivity index (χ0v) is 18.8. The molecule has 0 amide bonds. The van der Waals surface area contributed by atoms with Crippen LogP contribution >= 0.6 is 11.6 Å². The normalized spacial score (nSPS) is 9.84. The van der Waals surface area contributed by atoms with Gasteiger partial charge in [0, 0.05) is 18.9 Å². The van der Waals surface area contributed by atoms with Crippen LogP contribution in [-0.4, -0.2) is 41.7 Å². The van der Waals surface area contributed by atoms with Gasteiger partial charge in [-0.2, -0.15) is 0 Å². The molecule has 0 radical (unpaired) electrons. The van der Waals surface area contributed by atoms with Gasteiger partial charge in [-0.1, -0.05) is 41.9 Å². The average Bonchev–Trinajstić information content (AvgIpc) is 2.81. The van der Waals surface area contributed by atoms with Crippen LogP contribution in [0.5, 0.6) is 0 Å². The lowest BCUT2D eigenvalue weighted by Crippen LogP contribution is -2.13. The number of aromatic nitrogens is 2. The topological polar surface area (TPSA) is 90.4 Å². The first-order valence-electron chi connectivity index (χ1n) is 10.2. The lowest BCUT2D eigenvalue weighted by Gasteiger charge is -2.10. The zero-order chi connectivity index (χ0) is 23.2. The van der Waals surface area contributed by atoms with Crippen molar-refractivity contribution in [3.05, 3.63) is 88.8 Å². The van der Waals surface area contributed by atoms with Crippen molar-refractivity contribution < 1.29 is 19.1 Å². The molecule has 0 fully saturated rings. The van der Waals surface area contributed by atoms with Crippen LogP contribution in [0.25, 0.3) is 0 Å². The second-order valence-corrected chi connectivity index (χ2v) is 6.70. The Balaban J connectivity index is 0.000000258. The van der Waals surface area contributed by atoms with E-state index in [1.807, 2.05) is 18.2 Å². The van der Waals surface area contributed by atoms with Crippen LogP contribution in [0, 0.1) is 0 Å². The van der Waals surface area contributed by atoms with Gasteiger partial charge in [0.25, 0.3) is 0 Å². The molecule has 3 aromatic rings. The van der Waals surface area contributed by atoms with Gasteiger partial charge in [-0.25, -0.2) is 19.6 Å². The maximum atomic E-state index is 11.8. The Labute approximate surface area is 192 Å². The number of carbonyl (C=O) groups is 2. The third kappa shape index (κ3) is 8.00. The number of esters is 2. The minimum Gasteiger partial charge on any atom is -0.462 e. The van der Waals surface area contributed by atoms with Gasteiger partial charge in [0.15, 0.2) is 0 Å². The van der Waals surface area contributed by atoms with Crippen molar-refractivity contribution in [3.8, 4) is 0 Å². The second-order valence-electron chi connectivity index (χ2n) is 6.34. The van der Waals surface area contributed by atoms with Crippen molar-refractivity contribution in [2.24, 2.45) is 0 Å². The van der Waals surface area contributed by atoms with E-state index in [4.69, 9.17) is 21.1 Å². The molecular formula is C24H26ClN3O4. The monoisotopic (exact) mass is 455 g/mol. The first-order chi connectivity index (χ1) is 15.6. The fourth-order valence-electron chi connectivity index (χ4n) is 2.64. The minimum atomic E-state index is -0.435. The van der Waals surface area contributed by atoms with Crippen molar-refractivity contribution in [1.82, 2.24) is 9.97 Å². The summed E-state index contributed by atoms with van der Waals surface area (Å²) in [6.45, 7) is 4.94. The van der Waals surface area contributed by atoms with Crippen LogP contribution < -0.4 is 5.32 Å². The van der Waals surface area contributed by atoms with E-state index in [2.05, 4.69) is 27.4 Å². The molecule has 0 spiro atoms. The van der Waals surface area contributed by atoms with Gasteiger partial charge in [-0.3, -0.25) is 0 Å². The first-order valence-corrected chi connectivity index (χ1v) is 10.6. The van der Waals surface area contributed by atoms with E-state index in [1.165, 1.54) is 11.8 Å². The molecule has 2 heterocycles. The maximum absolute atomic E-state index is 11.8. The number of nitrogens with one attached hydrogen (secondary N) is 1. The summed E-state index contributed by atoms with van der Waals surface area (Å²) in [4.78, 5) is 30.9. The third-order valence-corrected chi connectivity index (χ3v) is 4.41. The van der Waals surface area contributed by atoms with Crippen LogP contribution in [0.1, 0.15) is 40.1 Å². The molecule has 1 aromatic carbocycles. The summed E-state index contributed by atoms with van der Waals surface area (Å²) in [6.07, 6.45) is 4.05. The SMILES string of the molecule is CCOC(=O)c1cccnc1Cl.CCOC(=O)c1cccnc1NCCc1ccccc1. The molecule has 168 valence electrons. The molecule has 0 aliphatic heterocycles. The van der Waals surface area contributed by atoms with Gasteiger partial charge in [-0.05, 0) is 50.1 Å². The Kier molecular flexibility index (Phi) is 10.7. The highest BCUT2D eigenvalue weighted by atomic mass is 35.5. The van der Waals surface area contributed by atoms with Gasteiger partial charge in [-0.15, -0.1) is 0 Å². The lowest BCUT2D eigenvalue weighted by atomic mass is 10.1. The highest BCUT2D eigenvalue weighted by molar-refractivity contribution is 6.32. The van der Waals surface area contributed by atoms with E-state index in [0.717, 1.165) is 6.42 Å². The van der Waals surface area contributed by atoms with E-state index in [-0.39, 0.29) is 11.1 Å². The smallest absolute Gasteiger partial charge is 0.341 e. The number of anilines is 1. The van der Waals surface area contributed by atoms with Crippen LogP contribution in [0.2, 0.25) is 5.15 Å². The summed E-state index contributed by atoms with van der Waals surface area (Å²) in [6, 6.07) is 16.8. The number of carbonyl (C=O) groups excluding carboxylic acids is 2. The predicted molar refractivity (Wildman–Crippen MR) is 124 cm³/mol. The average molecular weight is 456 g/mol. The molecule has 1 N–H and O–H groups in total. The van der Waals surface area contributed by atoms with Gasteiger partial charge in [0.2, 0.25) is 0 Å². The van der Waals surface area contributed by atoms with Crippen molar-refractivity contribution in [3.63, 3.8) is 0 Å². The lowest BCUT2D eigenvalue weighted by molar-refractivity contribution is 0.0517. The molecule has 2 aromatic heterocycles. The first kappa shape index (κ1) is 24.8. The second kappa shape index (κ2) is 13.8. The molecule has 0 saturated heterocycles. The zero-order valence-electron chi connectivity index (χ0n) is 18.1. The van der Waals surface area contributed by atoms with Crippen LogP contribution in [0.4, 0.5) is 5.82 Å². The third-order valence-electron chi connectivity index (χ3n) is 4.11. The van der Waals surface area contributed by atoms with E-state index >= 15 is 0 Å². The van der Waals surface area contributed by atoms with Gasteiger partial charge < -0.3 is 14.8 Å². The quantitative estimate of drug-likeness (QED) is 0.384. The Morgan fingerprint density at radius 2 is 1.44 bits per heavy atom. The molecule has 0 unspecified atom stereocenters. The fourth-order valence-corrected chi connectivity index (χ4v) is 2.83. The summed E-state index contributed by atoms with van der Waals surface area (Å²) in [5, 5.41) is 3.37. The molecule has 0 bridgehead atoms. The molecule has 7 nitrogen and oxygen atoms in total. The van der Waals surface area contributed by atoms with Crippen molar-refractivity contribution in [2.45, 2.75) is 20.3 Å². The number of ether oxygens (including phenoxy) is 2. The van der Waals surface area contributed by atoms with Crippen LogP contribution in [0.15, 0.2) is 67.0 Å². The number of halogens is 1. The number of hydrogen-bond donors (Lipinski definition) is 1. The molecule has 0 aliphatic carbocycles. The van der Waals surface area contributed by atoms with Gasteiger partial charge >= 0.3 is 11.9 Å². The van der Waals surface area contributed by atoms with Crippen molar-refractivity contribution in [1.29, 1.82) is 0 Å². The van der Waals surface area contributed by atoms with Crippen molar-refractivity contribution in [2.75, 3.05) is 25.1 Å². The predicted octanol–water partition coefficient (Wildman–Crippen LogP) is 4.82. The molecule has 8 heteroatoms. The summed E-state index contributed by atoms with van der Waals surface area (Å²) >= 11 is 5.64. The Hall–Kier alpha value is -3.45. The maximum Gasteiger partial charge on any atom is 0.341 e. The number of rotatable bonds is 8. The molecule has 0 saturated carbocycles. The van der Waals surface area contributed by atoms with Crippen LogP contribution in [-0.2, 0) is 15.9 Å². The Morgan fingerprint density at radius 1 is 0.844 bits per heavy atom. The van der Waals surface area contributed by atoms with Gasteiger partial charge in [0.1, 0.15) is 16.5 Å². The number of hydrogen-bond acceptors (Lipinski definition) is 7. The highest BCUT2D eigenvalue weighted by Gasteiger charge is 2.12. The largest absolute Gasteiger partial charge is 0.462 e. The minimum absolute atomic E-state index is 0.177. The molecule has 3 rings (SSSR count). The van der Waals surface area contributed by atoms with Crippen molar-refractivity contribution >= 4 is 29.4 Å². The number of benzene rings is 1. The molecule has 0 atom stereocenters. The Morgan fingerprint density at radius 3 is 2.06 bits per heavy atom. The summed E-state index contributed by atoms with van der Waals surface area (Å²) in [5.41, 5.74) is 2.03. The van der Waals surface area contributed by atoms with Gasteiger partial charge in [0.05, 0.1) is 18.8 Å². The van der Waals surface area contributed by atoms with E-state index < -0.39 is 5.97 Å². The van der Waals surface area contributed by atoms with E-state index in [1.54, 1.807) is 44.3 Å². The standard InChI is InChI=1S/C16H18N2O2.C8H8ClNO2/c1-2-20-16(19)14-9-6-11-17-15(14)18-12-10-13-7-4-3-5-8-13;1-2-12-8(11)6-4-3-5-10-7(6)9/h3-9,11H,2,10,12H2,1H3,(H,17,18);3-5H,2H2,1H3. The Bertz CT molecular complexity index is 999. The fraction of sp³-hybridized carbons (Fsp3) is 0.250. The molecular weight excluding hydrogens is 430 g/mol. The summed E-state index contributed by atoms with van der Waals surface area (Å²) < 4.78 is 9.76. The summed E-state index contributed by atoms with van der Waals surface area (Å²) in [7, 11) is 0. The number of pyridine rings is 2. The number of nitrogens with zero attached hydrogens (tertiary/aromatic N) is 2. The van der Waals surface area contributed by atoms with E-state index in [0.29, 0.717) is 36.7 Å². The van der Waals surface area contributed by atoms with E-state index in [9.17, 15) is 9.59 Å². The highest BCUT2D eigenvalue weighted by Crippen LogP contribution is 2.13. The van der Waals surface area contributed by atoms with Crippen LogP contribution in [0.3, 0.4) is 0 Å².